The molecule has 1 saturated carbocycles. The summed E-state index contributed by atoms with van der Waals surface area (Å²) in [5, 5.41) is 27.6. The van der Waals surface area contributed by atoms with E-state index in [0.29, 0.717) is 22.5 Å². The van der Waals surface area contributed by atoms with E-state index in [2.05, 4.69) is 15.6 Å². The molecule has 0 radical (unpaired) electrons. The van der Waals surface area contributed by atoms with E-state index in [-0.39, 0.29) is 48.4 Å². The van der Waals surface area contributed by atoms with Crippen molar-refractivity contribution in [1.29, 1.82) is 5.41 Å². The zero-order valence-electron chi connectivity index (χ0n) is 27.3. The summed E-state index contributed by atoms with van der Waals surface area (Å²) >= 11 is 0. The SMILES string of the molecule is CC(C)Nc1ncc(-c2cc(N)cc(OC(=O)C3CC3)c2)n(CC(=O)NCc2ccc(C(=N)N)cc2)c1=O.O=C(O)C(F)(F)F.O=C(O)C(F)(F)F. The first-order chi connectivity index (χ1) is 24.0. The Balaban J connectivity index is 0.000000564. The largest absolute Gasteiger partial charge is 0.490 e. The van der Waals surface area contributed by atoms with Gasteiger partial charge in [-0.2, -0.15) is 26.3 Å². The molecule has 0 saturated heterocycles. The van der Waals surface area contributed by atoms with Crippen LogP contribution in [-0.2, 0) is 32.3 Å². The molecule has 1 aliphatic rings. The average Bonchev–Trinajstić information content (AvgIpc) is 3.87. The molecule has 0 spiro atoms. The molecule has 4 rings (SSSR count). The van der Waals surface area contributed by atoms with Crippen molar-refractivity contribution in [3.8, 4) is 17.0 Å². The van der Waals surface area contributed by atoms with E-state index in [0.717, 1.165) is 18.4 Å². The molecule has 3 aromatic rings. The third kappa shape index (κ3) is 13.6. The van der Waals surface area contributed by atoms with E-state index in [1.54, 1.807) is 42.5 Å². The van der Waals surface area contributed by atoms with Crippen molar-refractivity contribution < 1.29 is 60.5 Å². The van der Waals surface area contributed by atoms with Gasteiger partial charge in [-0.1, -0.05) is 24.3 Å². The van der Waals surface area contributed by atoms with Crippen LogP contribution in [0.3, 0.4) is 0 Å². The number of hydrogen-bond acceptors (Lipinski definition) is 10. The number of ether oxygens (including phenoxy) is 1. The summed E-state index contributed by atoms with van der Waals surface area (Å²) in [6.45, 7) is 3.70. The summed E-state index contributed by atoms with van der Waals surface area (Å²) < 4.78 is 70.3. The van der Waals surface area contributed by atoms with Crippen LogP contribution in [0.5, 0.6) is 5.75 Å². The minimum Gasteiger partial charge on any atom is -0.475 e. The minimum atomic E-state index is -5.08. The van der Waals surface area contributed by atoms with Gasteiger partial charge in [-0.15, -0.1) is 0 Å². The highest BCUT2D eigenvalue weighted by atomic mass is 19.4. The number of aromatic nitrogens is 2. The summed E-state index contributed by atoms with van der Waals surface area (Å²) in [5.41, 5.74) is 13.7. The van der Waals surface area contributed by atoms with E-state index < -0.39 is 35.8 Å². The molecule has 52 heavy (non-hydrogen) atoms. The summed E-state index contributed by atoms with van der Waals surface area (Å²) in [4.78, 5) is 60.6. The number of amidine groups is 1. The molecule has 21 heteroatoms. The maximum Gasteiger partial charge on any atom is 0.490 e. The molecule has 0 atom stereocenters. The molecule has 1 aliphatic carbocycles. The number of anilines is 2. The van der Waals surface area contributed by atoms with Crippen LogP contribution in [0, 0.1) is 11.3 Å². The van der Waals surface area contributed by atoms with Crippen molar-refractivity contribution in [2.75, 3.05) is 11.1 Å². The molecule has 0 aliphatic heterocycles. The topological polar surface area (TPSA) is 253 Å². The summed E-state index contributed by atoms with van der Waals surface area (Å²) in [6, 6.07) is 11.7. The number of carboxylic acids is 2. The third-order valence-electron chi connectivity index (χ3n) is 6.37. The molecule has 15 nitrogen and oxygen atoms in total. The molecule has 1 heterocycles. The minimum absolute atomic E-state index is 0.0389. The van der Waals surface area contributed by atoms with Crippen LogP contribution in [0.15, 0.2) is 53.5 Å². The fraction of sp³-hybridized carbons (Fsp3) is 0.323. The van der Waals surface area contributed by atoms with Crippen molar-refractivity contribution in [2.24, 2.45) is 11.7 Å². The fourth-order valence-corrected chi connectivity index (χ4v) is 3.80. The average molecular weight is 746 g/mol. The Bertz CT molecular complexity index is 1820. The third-order valence-corrected chi connectivity index (χ3v) is 6.37. The molecule has 0 bridgehead atoms. The first kappa shape index (κ1) is 42.0. The van der Waals surface area contributed by atoms with E-state index in [1.807, 2.05) is 13.8 Å². The van der Waals surface area contributed by atoms with E-state index in [4.69, 9.17) is 41.4 Å². The number of aliphatic carboxylic acids is 2. The van der Waals surface area contributed by atoms with Crippen molar-refractivity contribution in [3.05, 3.63) is 70.1 Å². The highest BCUT2D eigenvalue weighted by Gasteiger charge is 2.39. The first-order valence-corrected chi connectivity index (χ1v) is 14.8. The monoisotopic (exact) mass is 745 g/mol. The van der Waals surface area contributed by atoms with Gasteiger partial charge in [-0.25, -0.2) is 14.6 Å². The Labute approximate surface area is 290 Å². The normalized spacial score (nSPS) is 12.3. The zero-order valence-corrected chi connectivity index (χ0v) is 27.3. The fourth-order valence-electron chi connectivity index (χ4n) is 3.80. The maximum absolute atomic E-state index is 13.4. The van der Waals surface area contributed by atoms with Crippen LogP contribution in [0.25, 0.3) is 11.3 Å². The summed E-state index contributed by atoms with van der Waals surface area (Å²) in [6.07, 6.45) is -7.07. The van der Waals surface area contributed by atoms with Crippen LogP contribution < -0.4 is 32.4 Å². The number of nitrogens with one attached hydrogen (secondary N) is 3. The first-order valence-electron chi connectivity index (χ1n) is 14.8. The van der Waals surface area contributed by atoms with Crippen molar-refractivity contribution >= 4 is 41.2 Å². The molecule has 0 unspecified atom stereocenters. The number of carbonyl (C=O) groups is 4. The van der Waals surface area contributed by atoms with Gasteiger partial charge in [-0.3, -0.25) is 24.4 Å². The van der Waals surface area contributed by atoms with Crippen molar-refractivity contribution in [1.82, 2.24) is 14.9 Å². The van der Waals surface area contributed by atoms with Crippen molar-refractivity contribution in [2.45, 2.75) is 58.2 Å². The zero-order chi connectivity index (χ0) is 39.6. The smallest absolute Gasteiger partial charge is 0.475 e. The number of halogens is 6. The number of benzene rings is 2. The lowest BCUT2D eigenvalue weighted by Gasteiger charge is -2.17. The molecular weight excluding hydrogens is 712 g/mol. The lowest BCUT2D eigenvalue weighted by atomic mass is 10.1. The van der Waals surface area contributed by atoms with Gasteiger partial charge in [0.2, 0.25) is 5.91 Å². The second kappa shape index (κ2) is 17.7. The number of carbonyl (C=O) groups excluding carboxylic acids is 2. The number of nitrogens with two attached hydrogens (primary N) is 2. The Hall–Kier alpha value is -6.15. The van der Waals surface area contributed by atoms with Crippen LogP contribution in [-0.4, -0.2) is 67.8 Å². The standard InChI is InChI=1S/C27H31N7O4.2C2HF3O2/c1-15(2)33-25-26(36)34(14-23(35)31-12-16-3-5-17(6-4-16)24(29)30)22(13-32-25)19-9-20(28)11-21(10-19)38-27(37)18-7-8-18;2*3-2(4,5)1(6)7/h3-6,9-11,13,15,18H,7-8,12,14,28H2,1-2H3,(H3,29,30)(H,31,35)(H,32,33);2*(H,6,7). The Kier molecular flexibility index (Phi) is 14.3. The lowest BCUT2D eigenvalue weighted by Crippen LogP contribution is -2.35. The van der Waals surface area contributed by atoms with E-state index >= 15 is 0 Å². The molecule has 1 fully saturated rings. The Morgan fingerprint density at radius 1 is 1.00 bits per heavy atom. The van der Waals surface area contributed by atoms with Gasteiger partial charge >= 0.3 is 30.3 Å². The van der Waals surface area contributed by atoms with Crippen molar-refractivity contribution in [3.63, 3.8) is 0 Å². The number of alkyl halides is 6. The molecular formula is C31H33F6N7O8. The van der Waals surface area contributed by atoms with Gasteiger partial charge in [0.1, 0.15) is 18.1 Å². The number of hydrogen-bond donors (Lipinski definition) is 7. The van der Waals surface area contributed by atoms with Gasteiger partial charge in [0.25, 0.3) is 5.56 Å². The van der Waals surface area contributed by atoms with Crippen LogP contribution in [0.2, 0.25) is 0 Å². The van der Waals surface area contributed by atoms with Gasteiger partial charge in [0.15, 0.2) is 5.82 Å². The number of carboxylic acid groups (broad SMARTS) is 2. The summed E-state index contributed by atoms with van der Waals surface area (Å²) in [7, 11) is 0. The number of esters is 1. The lowest BCUT2D eigenvalue weighted by molar-refractivity contribution is -0.193. The molecule has 1 aromatic heterocycles. The number of nitrogens with zero attached hydrogens (tertiary/aromatic N) is 2. The molecule has 282 valence electrons. The molecule has 9 N–H and O–H groups in total. The second-order valence-corrected chi connectivity index (χ2v) is 11.2. The van der Waals surface area contributed by atoms with Crippen LogP contribution >= 0.6 is 0 Å². The number of amides is 1. The van der Waals surface area contributed by atoms with Gasteiger partial charge in [0.05, 0.1) is 17.8 Å². The quantitative estimate of drug-likeness (QED) is 0.0393. The predicted molar refractivity (Wildman–Crippen MR) is 172 cm³/mol. The second-order valence-electron chi connectivity index (χ2n) is 11.2. The van der Waals surface area contributed by atoms with Crippen LogP contribution in [0.1, 0.15) is 37.8 Å². The Morgan fingerprint density at radius 2 is 1.54 bits per heavy atom. The van der Waals surface area contributed by atoms with Gasteiger partial charge in [-0.05, 0) is 44.4 Å². The predicted octanol–water partition coefficient (Wildman–Crippen LogP) is 3.50. The number of nitrogen functional groups attached to an aromatic ring is 2. The highest BCUT2D eigenvalue weighted by Crippen LogP contribution is 2.33. The highest BCUT2D eigenvalue weighted by molar-refractivity contribution is 5.94. The number of rotatable bonds is 10. The summed E-state index contributed by atoms with van der Waals surface area (Å²) in [5.74, 6) is -5.98. The molecule has 1 amide bonds. The van der Waals surface area contributed by atoms with Crippen LogP contribution in [0.4, 0.5) is 37.8 Å². The van der Waals surface area contributed by atoms with Gasteiger partial charge < -0.3 is 37.1 Å². The van der Waals surface area contributed by atoms with E-state index in [9.17, 15) is 40.7 Å². The maximum atomic E-state index is 13.4. The Morgan fingerprint density at radius 3 is 2.00 bits per heavy atom. The molecule has 2 aromatic carbocycles. The van der Waals surface area contributed by atoms with Gasteiger partial charge in [0, 0.05) is 35.5 Å². The van der Waals surface area contributed by atoms with E-state index in [1.165, 1.54) is 10.8 Å².